The van der Waals surface area contributed by atoms with Gasteiger partial charge in [0.15, 0.2) is 11.5 Å². The smallest absolute Gasteiger partial charge is 0.272 e. The molecule has 6 nitrogen and oxygen atoms in total. The second kappa shape index (κ2) is 6.47. The van der Waals surface area contributed by atoms with Crippen LogP contribution in [0.2, 0.25) is 0 Å². The number of carbonyl (C=O) groups excluding carboxylic acids is 1. The van der Waals surface area contributed by atoms with Crippen LogP contribution in [0.4, 0.5) is 0 Å². The number of imidazole rings is 1. The number of benzene rings is 1. The minimum atomic E-state index is -0.187. The van der Waals surface area contributed by atoms with E-state index in [9.17, 15) is 4.79 Å². The largest absolute Gasteiger partial charge is 0.490 e. The summed E-state index contributed by atoms with van der Waals surface area (Å²) < 4.78 is 13.2. The number of hydrogen-bond donors (Lipinski definition) is 1. The number of aryl methyl sites for hydroxylation is 1. The predicted molar refractivity (Wildman–Crippen MR) is 93.1 cm³/mol. The molecule has 128 valence electrons. The molecule has 6 heteroatoms. The van der Waals surface area contributed by atoms with E-state index in [0.29, 0.717) is 25.5 Å². The van der Waals surface area contributed by atoms with Crippen molar-refractivity contribution >= 4 is 11.6 Å². The summed E-state index contributed by atoms with van der Waals surface area (Å²) in [5, 5.41) is 2.93. The van der Waals surface area contributed by atoms with Gasteiger partial charge >= 0.3 is 0 Å². The lowest BCUT2D eigenvalue weighted by Crippen LogP contribution is -2.24. The molecule has 1 amide bonds. The molecule has 0 unspecified atom stereocenters. The summed E-state index contributed by atoms with van der Waals surface area (Å²) in [6.07, 6.45) is 2.77. The van der Waals surface area contributed by atoms with Crippen molar-refractivity contribution in [2.24, 2.45) is 0 Å². The van der Waals surface area contributed by atoms with Gasteiger partial charge in [-0.25, -0.2) is 4.98 Å². The highest BCUT2D eigenvalue weighted by Crippen LogP contribution is 2.30. The molecule has 0 bridgehead atoms. The van der Waals surface area contributed by atoms with E-state index in [1.807, 2.05) is 53.9 Å². The van der Waals surface area contributed by atoms with Crippen LogP contribution in [-0.2, 0) is 6.54 Å². The number of hydrogen-bond acceptors (Lipinski definition) is 4. The van der Waals surface area contributed by atoms with Crippen LogP contribution in [0.5, 0.6) is 11.5 Å². The van der Waals surface area contributed by atoms with Crippen LogP contribution in [0.25, 0.3) is 5.65 Å². The number of nitrogens with zero attached hydrogens (tertiary/aromatic N) is 2. The number of amides is 1. The quantitative estimate of drug-likeness (QED) is 0.798. The molecular formula is C19H19N3O3. The first kappa shape index (κ1) is 15.5. The van der Waals surface area contributed by atoms with Crippen LogP contribution in [0.1, 0.15) is 28.2 Å². The Bertz CT molecular complexity index is 933. The molecule has 1 aliphatic heterocycles. The maximum absolute atomic E-state index is 12.5. The molecule has 0 spiro atoms. The highest BCUT2D eigenvalue weighted by atomic mass is 16.5. The third-order valence-electron chi connectivity index (χ3n) is 4.25. The molecule has 25 heavy (non-hydrogen) atoms. The Balaban J connectivity index is 1.50. The van der Waals surface area contributed by atoms with Crippen molar-refractivity contribution in [1.82, 2.24) is 14.7 Å². The summed E-state index contributed by atoms with van der Waals surface area (Å²) in [6, 6.07) is 11.4. The molecule has 4 rings (SSSR count). The first-order valence-corrected chi connectivity index (χ1v) is 8.33. The predicted octanol–water partition coefficient (Wildman–Crippen LogP) is 2.73. The van der Waals surface area contributed by atoms with Crippen molar-refractivity contribution in [3.05, 3.63) is 59.5 Å². The van der Waals surface area contributed by atoms with E-state index in [1.54, 1.807) is 0 Å². The number of aromatic nitrogens is 2. The third-order valence-corrected chi connectivity index (χ3v) is 4.25. The number of nitrogens with one attached hydrogen (secondary N) is 1. The maximum Gasteiger partial charge on any atom is 0.272 e. The number of rotatable bonds is 3. The molecule has 0 aliphatic carbocycles. The molecule has 1 aliphatic rings. The van der Waals surface area contributed by atoms with Gasteiger partial charge in [0.25, 0.3) is 5.91 Å². The van der Waals surface area contributed by atoms with Crippen molar-refractivity contribution in [3.63, 3.8) is 0 Å². The Morgan fingerprint density at radius 2 is 2.04 bits per heavy atom. The molecule has 0 atom stereocenters. The van der Waals surface area contributed by atoms with Gasteiger partial charge in [-0.1, -0.05) is 12.1 Å². The Labute approximate surface area is 145 Å². The maximum atomic E-state index is 12.5. The average molecular weight is 337 g/mol. The van der Waals surface area contributed by atoms with Crippen molar-refractivity contribution < 1.29 is 14.3 Å². The van der Waals surface area contributed by atoms with E-state index in [-0.39, 0.29) is 5.91 Å². The van der Waals surface area contributed by atoms with Gasteiger partial charge in [0.1, 0.15) is 11.3 Å². The average Bonchev–Trinajstić information content (AvgIpc) is 2.81. The van der Waals surface area contributed by atoms with Crippen LogP contribution in [0, 0.1) is 6.92 Å². The van der Waals surface area contributed by atoms with E-state index < -0.39 is 0 Å². The van der Waals surface area contributed by atoms with Gasteiger partial charge in [-0.05, 0) is 36.8 Å². The number of fused-ring (bicyclic) bond motifs is 2. The summed E-state index contributed by atoms with van der Waals surface area (Å²) >= 11 is 0. The van der Waals surface area contributed by atoms with Gasteiger partial charge in [-0.15, -0.1) is 0 Å². The van der Waals surface area contributed by atoms with Crippen LogP contribution in [-0.4, -0.2) is 28.5 Å². The molecule has 0 saturated heterocycles. The van der Waals surface area contributed by atoms with E-state index >= 15 is 0 Å². The van der Waals surface area contributed by atoms with Gasteiger partial charge in [-0.2, -0.15) is 0 Å². The fourth-order valence-electron chi connectivity index (χ4n) is 2.92. The van der Waals surface area contributed by atoms with Crippen LogP contribution in [0.3, 0.4) is 0 Å². The second-order valence-electron chi connectivity index (χ2n) is 5.99. The summed E-state index contributed by atoms with van der Waals surface area (Å²) in [7, 11) is 0. The Morgan fingerprint density at radius 1 is 1.20 bits per heavy atom. The van der Waals surface area contributed by atoms with E-state index in [2.05, 4.69) is 10.3 Å². The summed E-state index contributed by atoms with van der Waals surface area (Å²) in [4.78, 5) is 16.9. The van der Waals surface area contributed by atoms with Crippen LogP contribution in [0.15, 0.2) is 42.6 Å². The lowest BCUT2D eigenvalue weighted by Gasteiger charge is -2.10. The second-order valence-corrected chi connectivity index (χ2v) is 5.99. The first-order valence-electron chi connectivity index (χ1n) is 8.33. The Hall–Kier alpha value is -3.02. The third kappa shape index (κ3) is 3.03. The lowest BCUT2D eigenvalue weighted by molar-refractivity contribution is 0.0946. The molecular weight excluding hydrogens is 318 g/mol. The van der Waals surface area contributed by atoms with Gasteiger partial charge in [0, 0.05) is 19.2 Å². The number of carbonyl (C=O) groups is 1. The topological polar surface area (TPSA) is 64.9 Å². The van der Waals surface area contributed by atoms with E-state index in [4.69, 9.17) is 9.47 Å². The lowest BCUT2D eigenvalue weighted by atomic mass is 10.2. The first-order chi connectivity index (χ1) is 12.2. The molecule has 0 radical (unpaired) electrons. The fraction of sp³-hybridized carbons (Fsp3) is 0.263. The summed E-state index contributed by atoms with van der Waals surface area (Å²) in [5.41, 5.74) is 2.99. The van der Waals surface area contributed by atoms with Crippen molar-refractivity contribution in [2.45, 2.75) is 19.9 Å². The number of pyridine rings is 1. The van der Waals surface area contributed by atoms with Gasteiger partial charge in [-0.3, -0.25) is 4.79 Å². The molecule has 0 saturated carbocycles. The minimum absolute atomic E-state index is 0.187. The zero-order valence-electron chi connectivity index (χ0n) is 14.0. The van der Waals surface area contributed by atoms with Crippen LogP contribution >= 0.6 is 0 Å². The van der Waals surface area contributed by atoms with E-state index in [0.717, 1.165) is 34.8 Å². The Morgan fingerprint density at radius 3 is 2.88 bits per heavy atom. The number of ether oxygens (including phenoxy) is 2. The highest BCUT2D eigenvalue weighted by molar-refractivity contribution is 5.94. The van der Waals surface area contributed by atoms with Crippen molar-refractivity contribution in [2.75, 3.05) is 13.2 Å². The molecule has 2 aromatic heterocycles. The molecule has 1 N–H and O–H groups in total. The van der Waals surface area contributed by atoms with E-state index in [1.165, 1.54) is 0 Å². The van der Waals surface area contributed by atoms with Gasteiger partial charge in [0.05, 0.1) is 18.9 Å². The highest BCUT2D eigenvalue weighted by Gasteiger charge is 2.16. The molecule has 0 fully saturated rings. The van der Waals surface area contributed by atoms with Crippen LogP contribution < -0.4 is 14.8 Å². The summed E-state index contributed by atoms with van der Waals surface area (Å²) in [5.74, 6) is 1.30. The molecule has 3 aromatic rings. The summed E-state index contributed by atoms with van der Waals surface area (Å²) in [6.45, 7) is 3.60. The fourth-order valence-corrected chi connectivity index (χ4v) is 2.92. The van der Waals surface area contributed by atoms with Gasteiger partial charge in [0.2, 0.25) is 0 Å². The van der Waals surface area contributed by atoms with Gasteiger partial charge < -0.3 is 19.2 Å². The molecule has 1 aromatic carbocycles. The standard InChI is InChI=1S/C19H19N3O3/c1-13-18(21-17-5-2-3-8-22(13)17)19(23)20-12-14-6-7-15-16(11-14)25-10-4-9-24-15/h2-3,5-8,11H,4,9-10,12H2,1H3,(H,20,23). The Kier molecular flexibility index (Phi) is 4.01. The molecule has 3 heterocycles. The zero-order chi connectivity index (χ0) is 17.2. The zero-order valence-corrected chi connectivity index (χ0v) is 14.0. The monoisotopic (exact) mass is 337 g/mol. The van der Waals surface area contributed by atoms with Crippen molar-refractivity contribution in [3.8, 4) is 11.5 Å². The SMILES string of the molecule is Cc1c(C(=O)NCc2ccc3c(c2)OCCCO3)nc2ccccn12. The van der Waals surface area contributed by atoms with Crippen molar-refractivity contribution in [1.29, 1.82) is 0 Å². The normalized spacial score (nSPS) is 13.5. The minimum Gasteiger partial charge on any atom is -0.490 e.